The first-order valence-electron chi connectivity index (χ1n) is 4.48. The van der Waals surface area contributed by atoms with Gasteiger partial charge in [-0.15, -0.1) is 0 Å². The van der Waals surface area contributed by atoms with E-state index in [1.165, 1.54) is 0 Å². The Morgan fingerprint density at radius 3 is 2.50 bits per heavy atom. The maximum Gasteiger partial charge on any atom is 0.181 e. The fourth-order valence-electron chi connectivity index (χ4n) is 1.24. The van der Waals surface area contributed by atoms with Gasteiger partial charge < -0.3 is 0 Å². The minimum absolute atomic E-state index is 0.149. The van der Waals surface area contributed by atoms with Gasteiger partial charge >= 0.3 is 0 Å². The molecule has 14 heavy (non-hydrogen) atoms. The molecular weight excluding hydrogens is 196 g/mol. The van der Waals surface area contributed by atoms with Gasteiger partial charge in [0, 0.05) is 13.2 Å². The number of hydrogen-bond donors (Lipinski definition) is 0. The number of carbonyl (C=O) groups is 1. The third-order valence-corrected chi connectivity index (χ3v) is 3.52. The first-order chi connectivity index (χ1) is 6.38. The third kappa shape index (κ3) is 2.00. The second kappa shape index (κ2) is 3.77. The summed E-state index contributed by atoms with van der Waals surface area (Å²) in [6.07, 6.45) is 3.74. The maximum atomic E-state index is 12.1. The first-order valence-corrected chi connectivity index (χ1v) is 5.71. The van der Waals surface area contributed by atoms with E-state index in [1.807, 2.05) is 34.1 Å². The number of hydrogen-bond acceptors (Lipinski definition) is 3. The number of nitrogens with zero attached hydrogens (tertiary/aromatic N) is 2. The number of Topliss-reactive ketones (excluding diaryl/α,β-unsaturated/α-hetero) is 1. The van der Waals surface area contributed by atoms with E-state index in [-0.39, 0.29) is 10.5 Å². The Morgan fingerprint density at radius 2 is 2.14 bits per heavy atom. The highest BCUT2D eigenvalue weighted by Crippen LogP contribution is 2.26. The molecule has 0 amide bonds. The van der Waals surface area contributed by atoms with Crippen LogP contribution in [0.15, 0.2) is 6.20 Å². The summed E-state index contributed by atoms with van der Waals surface area (Å²) in [4.78, 5) is 12.1. The minimum Gasteiger partial charge on any atom is -0.292 e. The monoisotopic (exact) mass is 212 g/mol. The molecule has 1 heterocycles. The van der Waals surface area contributed by atoms with Crippen LogP contribution in [0.25, 0.3) is 0 Å². The van der Waals surface area contributed by atoms with Crippen molar-refractivity contribution in [3.8, 4) is 0 Å². The number of carbonyl (C=O) groups excluding carboxylic acids is 1. The van der Waals surface area contributed by atoms with Gasteiger partial charge in [-0.25, -0.2) is 0 Å². The molecule has 0 saturated heterocycles. The summed E-state index contributed by atoms with van der Waals surface area (Å²) >= 11 is 1.56. The molecule has 0 unspecified atom stereocenters. The second-order valence-corrected chi connectivity index (χ2v) is 5.27. The van der Waals surface area contributed by atoms with Crippen LogP contribution in [0.4, 0.5) is 0 Å². The number of aryl methyl sites for hydroxylation is 2. The Hall–Kier alpha value is -0.770. The summed E-state index contributed by atoms with van der Waals surface area (Å²) in [6.45, 7) is 5.74. The van der Waals surface area contributed by atoms with Crippen LogP contribution in [-0.2, 0) is 7.05 Å². The zero-order chi connectivity index (χ0) is 10.9. The van der Waals surface area contributed by atoms with Crippen LogP contribution in [0, 0.1) is 6.92 Å². The van der Waals surface area contributed by atoms with E-state index in [2.05, 4.69) is 5.10 Å². The normalized spacial score (nSPS) is 11.8. The van der Waals surface area contributed by atoms with Gasteiger partial charge in [-0.3, -0.25) is 9.48 Å². The molecule has 1 aromatic heterocycles. The number of ketones is 1. The lowest BCUT2D eigenvalue weighted by molar-refractivity contribution is 0.0957. The molecule has 0 aliphatic heterocycles. The maximum absolute atomic E-state index is 12.1. The second-order valence-electron chi connectivity index (χ2n) is 3.85. The molecule has 0 N–H and O–H groups in total. The van der Waals surface area contributed by atoms with E-state index in [1.54, 1.807) is 22.6 Å². The van der Waals surface area contributed by atoms with Crippen LogP contribution in [0.5, 0.6) is 0 Å². The van der Waals surface area contributed by atoms with E-state index in [4.69, 9.17) is 0 Å². The Balaban J connectivity index is 3.06. The number of rotatable bonds is 3. The predicted molar refractivity (Wildman–Crippen MR) is 59.9 cm³/mol. The summed E-state index contributed by atoms with van der Waals surface area (Å²) in [5, 5.41) is 4.17. The Kier molecular flexibility index (Phi) is 3.04. The molecule has 0 radical (unpaired) electrons. The van der Waals surface area contributed by atoms with Crippen molar-refractivity contribution in [2.45, 2.75) is 25.5 Å². The third-order valence-electron chi connectivity index (χ3n) is 2.32. The predicted octanol–water partition coefficient (Wildman–Crippen LogP) is 2.05. The van der Waals surface area contributed by atoms with Crippen LogP contribution in [0.3, 0.4) is 0 Å². The lowest BCUT2D eigenvalue weighted by atomic mass is 10.0. The summed E-state index contributed by atoms with van der Waals surface area (Å²) < 4.78 is 1.31. The van der Waals surface area contributed by atoms with Gasteiger partial charge in [0.1, 0.15) is 0 Å². The molecule has 0 aromatic carbocycles. The van der Waals surface area contributed by atoms with Crippen molar-refractivity contribution in [2.75, 3.05) is 6.26 Å². The van der Waals surface area contributed by atoms with Crippen molar-refractivity contribution in [2.24, 2.45) is 7.05 Å². The largest absolute Gasteiger partial charge is 0.292 e. The van der Waals surface area contributed by atoms with E-state index >= 15 is 0 Å². The highest BCUT2D eigenvalue weighted by atomic mass is 32.2. The molecule has 1 rings (SSSR count). The molecule has 0 atom stereocenters. The Morgan fingerprint density at radius 1 is 1.57 bits per heavy atom. The average Bonchev–Trinajstić information content (AvgIpc) is 2.44. The van der Waals surface area contributed by atoms with Crippen molar-refractivity contribution >= 4 is 17.5 Å². The van der Waals surface area contributed by atoms with Gasteiger partial charge in [-0.2, -0.15) is 16.9 Å². The Bertz CT molecular complexity index is 355. The van der Waals surface area contributed by atoms with Gasteiger partial charge in [0.25, 0.3) is 0 Å². The molecule has 3 nitrogen and oxygen atoms in total. The number of thioether (sulfide) groups is 1. The topological polar surface area (TPSA) is 34.9 Å². The fourth-order valence-corrected chi connectivity index (χ4v) is 1.53. The molecule has 0 fully saturated rings. The molecule has 0 saturated carbocycles. The molecule has 4 heteroatoms. The van der Waals surface area contributed by atoms with Gasteiger partial charge in [0.15, 0.2) is 5.78 Å². The Labute approximate surface area is 88.9 Å². The number of aromatic nitrogens is 2. The minimum atomic E-state index is -0.367. The van der Waals surface area contributed by atoms with Crippen LogP contribution in [0.2, 0.25) is 0 Å². The van der Waals surface area contributed by atoms with Crippen LogP contribution in [-0.4, -0.2) is 26.6 Å². The van der Waals surface area contributed by atoms with Crippen molar-refractivity contribution in [3.63, 3.8) is 0 Å². The molecule has 0 aliphatic carbocycles. The summed E-state index contributed by atoms with van der Waals surface area (Å²) in [7, 11) is 1.83. The highest BCUT2D eigenvalue weighted by Gasteiger charge is 2.29. The van der Waals surface area contributed by atoms with Crippen molar-refractivity contribution < 1.29 is 4.79 Å². The SMILES string of the molecule is CSC(C)(C)C(=O)c1cn(C)nc1C. The quantitative estimate of drug-likeness (QED) is 0.719. The van der Waals surface area contributed by atoms with Gasteiger partial charge in [-0.05, 0) is 27.0 Å². The molecule has 0 bridgehead atoms. The lowest BCUT2D eigenvalue weighted by Gasteiger charge is -2.19. The van der Waals surface area contributed by atoms with E-state index in [0.29, 0.717) is 0 Å². The van der Waals surface area contributed by atoms with Gasteiger partial charge in [-0.1, -0.05) is 0 Å². The zero-order valence-corrected chi connectivity index (χ0v) is 10.1. The zero-order valence-electron chi connectivity index (χ0n) is 9.29. The molecule has 78 valence electrons. The van der Waals surface area contributed by atoms with Crippen LogP contribution in [0.1, 0.15) is 29.9 Å². The average molecular weight is 212 g/mol. The molecular formula is C10H16N2OS. The summed E-state index contributed by atoms with van der Waals surface area (Å²) in [6, 6.07) is 0. The van der Waals surface area contributed by atoms with Gasteiger partial charge in [0.05, 0.1) is 16.0 Å². The summed E-state index contributed by atoms with van der Waals surface area (Å²) in [5.41, 5.74) is 1.53. The van der Waals surface area contributed by atoms with Gasteiger partial charge in [0.2, 0.25) is 0 Å². The van der Waals surface area contributed by atoms with E-state index in [0.717, 1.165) is 11.3 Å². The molecule has 0 aliphatic rings. The van der Waals surface area contributed by atoms with Crippen molar-refractivity contribution in [3.05, 3.63) is 17.5 Å². The fraction of sp³-hybridized carbons (Fsp3) is 0.600. The van der Waals surface area contributed by atoms with Crippen LogP contribution >= 0.6 is 11.8 Å². The summed E-state index contributed by atoms with van der Waals surface area (Å²) in [5.74, 6) is 0.149. The standard InChI is InChI=1S/C10H16N2OS/c1-7-8(6-12(4)11-7)9(13)10(2,3)14-5/h6H,1-5H3. The van der Waals surface area contributed by atoms with E-state index < -0.39 is 0 Å². The molecule has 1 aromatic rings. The van der Waals surface area contributed by atoms with E-state index in [9.17, 15) is 4.79 Å². The lowest BCUT2D eigenvalue weighted by Crippen LogP contribution is -2.27. The smallest absolute Gasteiger partial charge is 0.181 e. The highest BCUT2D eigenvalue weighted by molar-refractivity contribution is 8.00. The molecule has 0 spiro atoms. The van der Waals surface area contributed by atoms with Crippen molar-refractivity contribution in [1.82, 2.24) is 9.78 Å². The van der Waals surface area contributed by atoms with Crippen molar-refractivity contribution in [1.29, 1.82) is 0 Å². The first kappa shape index (κ1) is 11.3. The van der Waals surface area contributed by atoms with Crippen LogP contribution < -0.4 is 0 Å².